The largest absolute Gasteiger partial charge is 3.00 e. The number of imidazole rings is 1. The number of phosphoric acid groups is 1. The third-order valence-electron chi connectivity index (χ3n) is 20.5. The van der Waals surface area contributed by atoms with Gasteiger partial charge in [-0.1, -0.05) is 40.7 Å². The molecular formula is C63H90CoN14O15P. The molecule has 8 rings (SSSR count). The van der Waals surface area contributed by atoms with Gasteiger partial charge in [-0.25, -0.2) is 4.98 Å². The predicted molar refractivity (Wildman–Crippen MR) is 340 cm³/mol. The topological polar surface area (TPSA) is 520 Å². The Hall–Kier alpha value is -7.04. The molecule has 0 spiro atoms. The van der Waals surface area contributed by atoms with E-state index >= 15 is 0 Å². The molecule has 1 aromatic heterocycles. The van der Waals surface area contributed by atoms with Crippen molar-refractivity contribution in [2.75, 3.05) is 13.2 Å². The number of fused-ring (bicyclic) bond motifs is 7. The summed E-state index contributed by atoms with van der Waals surface area (Å²) in [5, 5.41) is 36.4. The number of phosphoric ester groups is 1. The first-order chi connectivity index (χ1) is 42.8. The fourth-order valence-corrected chi connectivity index (χ4v) is 16.4. The number of nitrogens with zero attached hydrogens (tertiary/aromatic N) is 7. The van der Waals surface area contributed by atoms with Crippen LogP contribution in [0.2, 0.25) is 0 Å². The Morgan fingerprint density at radius 2 is 1.38 bits per heavy atom. The standard InChI is InChI=1S/C62H90N13O14P.CN.Co.H2O/c1-29-20-39-40(21-30(29)2)75(28-70-39)57-52(84)53(41(27-76)87-57)89-90(85,86)88-31(3)26-69-49(83)18-19-59(8)37(22-46(66)80)56-62(11)61(10,25-48(68)82)36(14-17-45(65)79)51(74-62)33(5)55-60(9,24-47(67)81)34(12-15-43(63)77)38(71-55)23-42-58(6,7)35(13-16-44(64)78)50(72-42)32(4)54(59)73-56;1-2;;/h20-21,23,28,31,34-37,41,52-53,56-57,76,84H,12-19,22,24-27H2,1-11H3,(H15,63,64,65,66,67,68,69,71,72,73,74,77,78,79,80,81,82,83,85,86);;;1H2/q;-1;+3;/p-2/t31-,34-,35-,36-,37+,41-,52-,53-,56-,57+,59-,60+,61+,62+;;;/m1.../s1. The summed E-state index contributed by atoms with van der Waals surface area (Å²) in [7, 11) is -5.32. The van der Waals surface area contributed by atoms with Gasteiger partial charge in [-0.3, -0.25) is 53.1 Å². The van der Waals surface area contributed by atoms with Gasteiger partial charge >= 0.3 is 16.8 Å². The van der Waals surface area contributed by atoms with Crippen molar-refractivity contribution < 1.29 is 89.3 Å². The van der Waals surface area contributed by atoms with Gasteiger partial charge in [-0.2, -0.15) is 5.70 Å². The van der Waals surface area contributed by atoms with Gasteiger partial charge < -0.3 is 95.8 Å². The van der Waals surface area contributed by atoms with Gasteiger partial charge in [0.2, 0.25) is 41.4 Å². The van der Waals surface area contributed by atoms with Crippen LogP contribution >= 0.6 is 7.82 Å². The molecule has 7 heterocycles. The number of aryl methyl sites for hydroxylation is 2. The maximum atomic E-state index is 14.4. The van der Waals surface area contributed by atoms with Crippen molar-refractivity contribution in [1.29, 1.82) is 5.26 Å². The number of rotatable bonds is 26. The number of aromatic nitrogens is 2. The fourth-order valence-electron chi connectivity index (χ4n) is 15.3. The molecule has 2 saturated heterocycles. The van der Waals surface area contributed by atoms with Crippen LogP contribution in [0.15, 0.2) is 67.8 Å². The van der Waals surface area contributed by atoms with E-state index in [1.165, 1.54) is 17.8 Å². The summed E-state index contributed by atoms with van der Waals surface area (Å²) in [6.07, 6.45) is -4.79. The summed E-state index contributed by atoms with van der Waals surface area (Å²) < 4.78 is 31.9. The Labute approximate surface area is 557 Å². The van der Waals surface area contributed by atoms with Gasteiger partial charge in [0, 0.05) is 108 Å². The first kappa shape index (κ1) is 77.7. The van der Waals surface area contributed by atoms with Crippen LogP contribution in [0.25, 0.3) is 16.4 Å². The van der Waals surface area contributed by atoms with Crippen LogP contribution in [0.4, 0.5) is 0 Å². The normalized spacial score (nSPS) is 32.8. The van der Waals surface area contributed by atoms with Crippen LogP contribution in [-0.2, 0) is 68.7 Å². The molecule has 2 fully saturated rings. The van der Waals surface area contributed by atoms with Gasteiger partial charge in [0.15, 0.2) is 6.23 Å². The molecule has 2 aromatic rings. The molecule has 8 bridgehead atoms. The number of allylic oxidation sites excluding steroid dienone is 6. The van der Waals surface area contributed by atoms with E-state index < -0.39 is 143 Å². The molecule has 0 radical (unpaired) electrons. The Bertz CT molecular complexity index is 3600. The monoisotopic (exact) mass is 1370 g/mol. The minimum Gasteiger partial charge on any atom is -0.756 e. The second-order valence-corrected chi connectivity index (χ2v) is 28.3. The molecule has 1 aromatic carbocycles. The summed E-state index contributed by atoms with van der Waals surface area (Å²) in [5.74, 6) is -7.40. The molecule has 31 heteroatoms. The maximum absolute atomic E-state index is 14.4. The quantitative estimate of drug-likeness (QED) is 0.0483. The van der Waals surface area contributed by atoms with E-state index in [4.69, 9.17) is 80.3 Å². The SMILES string of the molecule is C/C1=C2/[N-][C@H]([C@H](CC(N)=O)[C@@]2(C)CCC(=O)NC[C@@H](C)OP(=O)([O-])O[C@H]2[C@@H](O)[C@@H](n3cnc4cc(C)c(C)cc43)O[C@@H]2CO)[C@]2(C)N=C(/C(C)=C3N=C(/C=C4N=C1[C@@H](CCC(N)=O)C\4(C)C)[C@@H](CCC(N)=O)[C@]\3(C)CC(N)=O)[C@@H](CCC(N)=O)[C@]2(C)CC(N)=O.O.[C-]#N.[Co+3]. The van der Waals surface area contributed by atoms with E-state index in [2.05, 4.69) is 10.3 Å². The average Bonchev–Trinajstić information content (AvgIpc) is 1.53. The van der Waals surface area contributed by atoms with Gasteiger partial charge in [0.25, 0.3) is 7.82 Å². The zero-order valence-electron chi connectivity index (χ0n) is 54.9. The summed E-state index contributed by atoms with van der Waals surface area (Å²) in [6.45, 7) is 23.7. The van der Waals surface area contributed by atoms with Crippen LogP contribution in [0, 0.1) is 71.0 Å². The molecule has 6 aliphatic heterocycles. The zero-order valence-corrected chi connectivity index (χ0v) is 56.9. The fraction of sp³-hybridized carbons (Fsp3) is 0.619. The molecule has 0 saturated carbocycles. The molecule has 29 nitrogen and oxygen atoms in total. The number of ether oxygens (including phenoxy) is 1. The number of carbonyl (C=O) groups excluding carboxylic acids is 7. The Morgan fingerprint density at radius 1 is 0.809 bits per heavy atom. The predicted octanol–water partition coefficient (Wildman–Crippen LogP) is 2.58. The number of nitrogens with two attached hydrogens (primary N) is 6. The summed E-state index contributed by atoms with van der Waals surface area (Å²) in [6, 6.07) is 2.65. The molecule has 17 N–H and O–H groups in total. The second kappa shape index (κ2) is 29.5. The van der Waals surface area contributed by atoms with Crippen LogP contribution in [0.3, 0.4) is 0 Å². The van der Waals surface area contributed by atoms with Crippen molar-refractivity contribution in [3.05, 3.63) is 75.8 Å². The number of amides is 7. The van der Waals surface area contributed by atoms with Crippen LogP contribution in [0.1, 0.15) is 150 Å². The van der Waals surface area contributed by atoms with E-state index in [0.29, 0.717) is 56.4 Å². The van der Waals surface area contributed by atoms with Gasteiger partial charge in [0.1, 0.15) is 18.3 Å². The van der Waals surface area contributed by atoms with Crippen LogP contribution in [-0.4, -0.2) is 133 Å². The third-order valence-corrected chi connectivity index (χ3v) is 21.6. The van der Waals surface area contributed by atoms with E-state index in [-0.39, 0.29) is 99.4 Å². The van der Waals surface area contributed by atoms with Crippen molar-refractivity contribution >= 4 is 77.3 Å². The Balaban J connectivity index is 0.00000396. The molecule has 516 valence electrons. The molecule has 15 atom stereocenters. The molecule has 94 heavy (non-hydrogen) atoms. The second-order valence-electron chi connectivity index (χ2n) is 27.0. The molecule has 1 unspecified atom stereocenters. The number of aliphatic hydroxyl groups excluding tert-OH is 2. The number of benzene rings is 1. The van der Waals surface area contributed by atoms with E-state index in [9.17, 15) is 53.2 Å². The van der Waals surface area contributed by atoms with E-state index in [1.54, 1.807) is 6.92 Å². The maximum Gasteiger partial charge on any atom is 3.00 e. The summed E-state index contributed by atoms with van der Waals surface area (Å²) >= 11 is 0. The number of aliphatic imine (C=N–C) groups is 3. The van der Waals surface area contributed by atoms with Crippen LogP contribution < -0.4 is 44.6 Å². The Kier molecular flexibility index (Phi) is 24.4. The number of hydrogen-bond donors (Lipinski definition) is 9. The van der Waals surface area contributed by atoms with Crippen molar-refractivity contribution in [2.24, 2.45) is 94.7 Å². The van der Waals surface area contributed by atoms with Crippen LogP contribution in [0.5, 0.6) is 0 Å². The molecule has 0 aliphatic carbocycles. The average molecular weight is 1370 g/mol. The van der Waals surface area contributed by atoms with Gasteiger partial charge in [-0.15, -0.1) is 0 Å². The smallest absolute Gasteiger partial charge is 0.756 e. The van der Waals surface area contributed by atoms with Crippen molar-refractivity contribution in [3.63, 3.8) is 0 Å². The number of primary amides is 6. The minimum absolute atomic E-state index is 0. The van der Waals surface area contributed by atoms with Gasteiger partial charge in [0.05, 0.1) is 41.3 Å². The Morgan fingerprint density at radius 3 is 1.95 bits per heavy atom. The molecule has 6 aliphatic rings. The molecular weight excluding hydrogens is 1280 g/mol. The minimum atomic E-state index is -5.32. The number of aliphatic hydroxyl groups is 2. The number of carbonyl (C=O) groups is 7. The number of hydrogen-bond acceptors (Lipinski definition) is 19. The summed E-state index contributed by atoms with van der Waals surface area (Å²) in [5.41, 5.74) is 36.7. The zero-order chi connectivity index (χ0) is 68.7. The van der Waals surface area contributed by atoms with Gasteiger partial charge in [-0.05, 0) is 119 Å². The number of nitrogens with one attached hydrogen (secondary N) is 1. The van der Waals surface area contributed by atoms with Crippen molar-refractivity contribution in [3.8, 4) is 0 Å². The van der Waals surface area contributed by atoms with Crippen molar-refractivity contribution in [1.82, 2.24) is 14.9 Å². The first-order valence-electron chi connectivity index (χ1n) is 30.7. The third kappa shape index (κ3) is 15.0. The van der Waals surface area contributed by atoms with E-state index in [0.717, 1.165) is 11.1 Å². The first-order valence-corrected chi connectivity index (χ1v) is 32.2. The van der Waals surface area contributed by atoms with E-state index in [1.807, 2.05) is 80.5 Å². The molecule has 7 amide bonds. The van der Waals surface area contributed by atoms with Crippen molar-refractivity contribution in [2.45, 2.75) is 189 Å². The summed E-state index contributed by atoms with van der Waals surface area (Å²) in [4.78, 5) is 128.